The third-order valence-electron chi connectivity index (χ3n) is 3.01. The third-order valence-corrected chi connectivity index (χ3v) is 3.01. The second-order valence-electron chi connectivity index (χ2n) is 4.21. The van der Waals surface area contributed by atoms with Gasteiger partial charge in [-0.25, -0.2) is 0 Å². The number of nitrogens with zero attached hydrogens (tertiary/aromatic N) is 1. The van der Waals surface area contributed by atoms with Crippen LogP contribution in [-0.4, -0.2) is 24.5 Å². The van der Waals surface area contributed by atoms with E-state index in [-0.39, 0.29) is 6.15 Å². The van der Waals surface area contributed by atoms with E-state index in [9.17, 15) is 0 Å². The number of hydrogen-bond acceptors (Lipinski definition) is 2. The van der Waals surface area contributed by atoms with Crippen LogP contribution in [0.25, 0.3) is 0 Å². The van der Waals surface area contributed by atoms with Gasteiger partial charge in [0.25, 0.3) is 0 Å². The Hall–Kier alpha value is -0.0800. The summed E-state index contributed by atoms with van der Waals surface area (Å²) in [6.45, 7) is 8.90. The Labute approximate surface area is 63.2 Å². The lowest BCUT2D eigenvalue weighted by atomic mass is 9.80. The molecular weight excluding hydrogens is 124 g/mol. The Bertz CT molecular complexity index is 131. The van der Waals surface area contributed by atoms with Crippen molar-refractivity contribution >= 4 is 0 Å². The van der Waals surface area contributed by atoms with Crippen LogP contribution in [0.5, 0.6) is 0 Å². The molecule has 2 unspecified atom stereocenters. The molecule has 0 aliphatic carbocycles. The average Bonchev–Trinajstić information content (AvgIpc) is 2.19. The maximum absolute atomic E-state index is 2.59. The summed E-state index contributed by atoms with van der Waals surface area (Å²) in [7, 11) is 0. The molecule has 0 amide bonds. The molecule has 3 N–H and O–H groups in total. The molecule has 0 spiro atoms. The number of rotatable bonds is 0. The van der Waals surface area contributed by atoms with Gasteiger partial charge in [0.05, 0.1) is 0 Å². The monoisotopic (exact) mass is 142 g/mol. The van der Waals surface area contributed by atoms with Gasteiger partial charge in [-0.3, -0.25) is 0 Å². The first-order valence-electron chi connectivity index (χ1n) is 3.91. The minimum atomic E-state index is 0. The van der Waals surface area contributed by atoms with Gasteiger partial charge >= 0.3 is 0 Å². The fraction of sp³-hybridized carbons (Fsp3) is 1.00. The Balaban J connectivity index is 0.000000500. The second-order valence-corrected chi connectivity index (χ2v) is 4.21. The molecule has 10 heavy (non-hydrogen) atoms. The maximum atomic E-state index is 2.59. The van der Waals surface area contributed by atoms with Crippen LogP contribution < -0.4 is 6.15 Å². The highest BCUT2D eigenvalue weighted by molar-refractivity contribution is 4.95. The Morgan fingerprint density at radius 3 is 2.30 bits per heavy atom. The Kier molecular flexibility index (Phi) is 1.77. The van der Waals surface area contributed by atoms with E-state index in [1.807, 2.05) is 0 Å². The fourth-order valence-corrected chi connectivity index (χ4v) is 2.32. The molecule has 2 saturated heterocycles. The maximum Gasteiger partial charge on any atom is 0.00359 e. The fourth-order valence-electron chi connectivity index (χ4n) is 2.32. The highest BCUT2D eigenvalue weighted by atomic mass is 15.2. The normalized spacial score (nSPS) is 41.4. The Morgan fingerprint density at radius 1 is 1.40 bits per heavy atom. The highest BCUT2D eigenvalue weighted by Gasteiger charge is 2.43. The van der Waals surface area contributed by atoms with E-state index < -0.39 is 0 Å². The summed E-state index contributed by atoms with van der Waals surface area (Å²) in [5.74, 6) is 1.01. The van der Waals surface area contributed by atoms with Crippen molar-refractivity contribution in [2.24, 2.45) is 11.3 Å². The summed E-state index contributed by atoms with van der Waals surface area (Å²) in [6.07, 6.45) is 1.45. The first-order valence-corrected chi connectivity index (χ1v) is 3.91. The van der Waals surface area contributed by atoms with Crippen molar-refractivity contribution in [1.29, 1.82) is 0 Å². The lowest BCUT2D eigenvalue weighted by Crippen LogP contribution is -2.29. The quantitative estimate of drug-likeness (QED) is 0.556. The largest absolute Gasteiger partial charge is 0.344 e. The molecule has 0 radical (unpaired) electrons. The van der Waals surface area contributed by atoms with Crippen LogP contribution in [0, 0.1) is 11.3 Å². The van der Waals surface area contributed by atoms with Crippen LogP contribution in [0.1, 0.15) is 20.3 Å². The van der Waals surface area contributed by atoms with E-state index in [1.165, 1.54) is 26.1 Å². The van der Waals surface area contributed by atoms with Crippen LogP contribution in [0.15, 0.2) is 0 Å². The molecule has 2 nitrogen and oxygen atoms in total. The summed E-state index contributed by atoms with van der Waals surface area (Å²) in [6, 6.07) is 0. The van der Waals surface area contributed by atoms with E-state index in [2.05, 4.69) is 18.7 Å². The predicted octanol–water partition coefficient (Wildman–Crippen LogP) is 1.51. The standard InChI is InChI=1S/C8H15N.H3N/c1-8(2)6-9-4-3-7(8)5-9;/h7H,3-6H2,1-2H3;1H3. The van der Waals surface area contributed by atoms with Gasteiger partial charge in [0.2, 0.25) is 0 Å². The lowest BCUT2D eigenvalue weighted by molar-refractivity contribution is 0.213. The number of fused-ring (bicyclic) bond motifs is 2. The van der Waals surface area contributed by atoms with Crippen LogP contribution in [-0.2, 0) is 0 Å². The molecule has 2 heteroatoms. The van der Waals surface area contributed by atoms with Gasteiger partial charge in [0, 0.05) is 13.1 Å². The third kappa shape index (κ3) is 0.956. The smallest absolute Gasteiger partial charge is 0.00359 e. The van der Waals surface area contributed by atoms with Crippen LogP contribution in [0.2, 0.25) is 0 Å². The van der Waals surface area contributed by atoms with E-state index in [0.29, 0.717) is 5.41 Å². The SMILES string of the molecule is CC1(C)CN2CCC1C2.N. The van der Waals surface area contributed by atoms with Crippen LogP contribution in [0.4, 0.5) is 0 Å². The predicted molar refractivity (Wildman–Crippen MR) is 43.4 cm³/mol. The van der Waals surface area contributed by atoms with E-state index in [4.69, 9.17) is 0 Å². The lowest BCUT2D eigenvalue weighted by Gasteiger charge is -2.28. The summed E-state index contributed by atoms with van der Waals surface area (Å²) in [5.41, 5.74) is 0.637. The zero-order valence-electron chi connectivity index (χ0n) is 7.06. The summed E-state index contributed by atoms with van der Waals surface area (Å²) in [5, 5.41) is 0. The van der Waals surface area contributed by atoms with Gasteiger partial charge in [-0.2, -0.15) is 0 Å². The molecular formula is C8H18N2. The van der Waals surface area contributed by atoms with Crippen LogP contribution in [0.3, 0.4) is 0 Å². The Morgan fingerprint density at radius 2 is 2.10 bits per heavy atom. The first-order chi connectivity index (χ1) is 4.18. The average molecular weight is 142 g/mol. The number of piperidine rings is 1. The van der Waals surface area contributed by atoms with Crippen molar-refractivity contribution in [3.05, 3.63) is 0 Å². The van der Waals surface area contributed by atoms with Gasteiger partial charge in [-0.1, -0.05) is 13.8 Å². The van der Waals surface area contributed by atoms with Crippen molar-refractivity contribution in [2.75, 3.05) is 19.6 Å². The molecule has 2 rings (SSSR count). The molecule has 2 aliphatic heterocycles. The molecule has 2 heterocycles. The van der Waals surface area contributed by atoms with Crippen molar-refractivity contribution in [3.63, 3.8) is 0 Å². The van der Waals surface area contributed by atoms with Gasteiger partial charge in [0.1, 0.15) is 0 Å². The topological polar surface area (TPSA) is 38.2 Å². The molecule has 0 aromatic heterocycles. The minimum absolute atomic E-state index is 0. The van der Waals surface area contributed by atoms with Crippen LogP contribution >= 0.6 is 0 Å². The summed E-state index contributed by atoms with van der Waals surface area (Å²) in [4.78, 5) is 2.59. The van der Waals surface area contributed by atoms with E-state index in [0.717, 1.165) is 5.92 Å². The molecule has 2 atom stereocenters. The second kappa shape index (κ2) is 2.21. The summed E-state index contributed by atoms with van der Waals surface area (Å²) >= 11 is 0. The molecule has 0 aromatic carbocycles. The van der Waals surface area contributed by atoms with Gasteiger partial charge in [0.15, 0.2) is 0 Å². The molecule has 0 aromatic rings. The summed E-state index contributed by atoms with van der Waals surface area (Å²) < 4.78 is 0. The minimum Gasteiger partial charge on any atom is -0.344 e. The zero-order valence-corrected chi connectivity index (χ0v) is 7.06. The van der Waals surface area contributed by atoms with Gasteiger partial charge in [-0.15, -0.1) is 0 Å². The first kappa shape index (κ1) is 8.02. The molecule has 2 aliphatic rings. The van der Waals surface area contributed by atoms with E-state index >= 15 is 0 Å². The highest BCUT2D eigenvalue weighted by Crippen LogP contribution is 2.41. The van der Waals surface area contributed by atoms with Gasteiger partial charge < -0.3 is 11.1 Å². The zero-order chi connectivity index (χ0) is 6.48. The molecule has 0 saturated carbocycles. The van der Waals surface area contributed by atoms with Crippen molar-refractivity contribution in [3.8, 4) is 0 Å². The molecule has 60 valence electrons. The molecule has 2 bridgehead atoms. The van der Waals surface area contributed by atoms with Gasteiger partial charge in [-0.05, 0) is 24.3 Å². The van der Waals surface area contributed by atoms with Crippen molar-refractivity contribution < 1.29 is 0 Å². The van der Waals surface area contributed by atoms with E-state index in [1.54, 1.807) is 0 Å². The van der Waals surface area contributed by atoms with Crippen molar-refractivity contribution in [2.45, 2.75) is 20.3 Å². The number of hydrogen-bond donors (Lipinski definition) is 1. The molecule has 2 fully saturated rings. The van der Waals surface area contributed by atoms with Crippen molar-refractivity contribution in [1.82, 2.24) is 11.1 Å².